The summed E-state index contributed by atoms with van der Waals surface area (Å²) in [7, 11) is 1.43. The number of methoxy groups -OCH3 is 1. The van der Waals surface area contributed by atoms with E-state index in [0.717, 1.165) is 0 Å². The van der Waals surface area contributed by atoms with E-state index in [0.29, 0.717) is 11.4 Å². The molecule has 2 aromatic carbocycles. The van der Waals surface area contributed by atoms with E-state index in [-0.39, 0.29) is 27.8 Å². The summed E-state index contributed by atoms with van der Waals surface area (Å²) in [5.74, 6) is -4.25. The lowest BCUT2D eigenvalue weighted by atomic mass is 9.97. The van der Waals surface area contributed by atoms with E-state index >= 15 is 0 Å². The predicted molar refractivity (Wildman–Crippen MR) is 151 cm³/mol. The second kappa shape index (κ2) is 14.4. The third-order valence-electron chi connectivity index (χ3n) is 6.05. The maximum Gasteiger partial charge on any atom is 0.452 e. The van der Waals surface area contributed by atoms with Gasteiger partial charge in [0.1, 0.15) is 17.5 Å². The van der Waals surface area contributed by atoms with Crippen LogP contribution in [0.4, 0.5) is 13.2 Å². The van der Waals surface area contributed by atoms with Crippen molar-refractivity contribution >= 4 is 40.8 Å². The van der Waals surface area contributed by atoms with Gasteiger partial charge in [0.2, 0.25) is 5.91 Å². The van der Waals surface area contributed by atoms with Crippen molar-refractivity contribution in [2.75, 3.05) is 7.11 Å². The summed E-state index contributed by atoms with van der Waals surface area (Å²) >= 11 is 12.2. The van der Waals surface area contributed by atoms with Crippen LogP contribution in [-0.2, 0) is 20.8 Å². The maximum atomic E-state index is 13.7. The standard InChI is InChI=1S/C29H28Cl2F3N3O5/c1-16(2)24(26(38)29(32,33)34)36-28(40)25(17-7-9-21(41-3)10-8-17)37-27(39)23(15-20-6-4-5-11-35-20)42-22-13-18(30)12-19(31)14-22/h4-14,16,23-25H,15H2,1-3H3,(H,36,40)(H,37,39)/t23?,24-,25?/m0/s1. The second-order valence-corrected chi connectivity index (χ2v) is 10.4. The normalized spacial score (nSPS) is 13.5. The zero-order valence-corrected chi connectivity index (χ0v) is 24.3. The number of carbonyl (C=O) groups excluding carboxylic acids is 3. The van der Waals surface area contributed by atoms with Crippen LogP contribution in [0.5, 0.6) is 11.5 Å². The van der Waals surface area contributed by atoms with Crippen molar-refractivity contribution in [3.05, 3.63) is 88.2 Å². The van der Waals surface area contributed by atoms with Crippen LogP contribution in [0.1, 0.15) is 31.1 Å². The van der Waals surface area contributed by atoms with Gasteiger partial charge in [0.15, 0.2) is 6.10 Å². The Morgan fingerprint density at radius 1 is 0.905 bits per heavy atom. The summed E-state index contributed by atoms with van der Waals surface area (Å²) in [5.41, 5.74) is 0.692. The topological polar surface area (TPSA) is 107 Å². The second-order valence-electron chi connectivity index (χ2n) is 9.54. The molecule has 0 aliphatic carbocycles. The monoisotopic (exact) mass is 625 g/mol. The molecule has 2 N–H and O–H groups in total. The number of ketones is 1. The molecular weight excluding hydrogens is 598 g/mol. The first-order valence-electron chi connectivity index (χ1n) is 12.7. The van der Waals surface area contributed by atoms with Gasteiger partial charge in [0.05, 0.1) is 13.2 Å². The highest BCUT2D eigenvalue weighted by molar-refractivity contribution is 6.34. The SMILES string of the molecule is COc1ccc(C(NC(=O)C(Cc2ccccn2)Oc2cc(Cl)cc(Cl)c2)C(=O)N[C@H](C(=O)C(F)(F)F)C(C)C)cc1. The number of nitrogens with one attached hydrogen (secondary N) is 2. The fourth-order valence-corrected chi connectivity index (χ4v) is 4.44. The summed E-state index contributed by atoms with van der Waals surface area (Å²) in [5, 5.41) is 5.22. The lowest BCUT2D eigenvalue weighted by Crippen LogP contribution is -2.53. The van der Waals surface area contributed by atoms with E-state index in [1.165, 1.54) is 69.6 Å². The van der Waals surface area contributed by atoms with E-state index in [1.807, 2.05) is 0 Å². The van der Waals surface area contributed by atoms with E-state index in [4.69, 9.17) is 32.7 Å². The van der Waals surface area contributed by atoms with Gasteiger partial charge in [-0.2, -0.15) is 13.2 Å². The molecule has 0 bridgehead atoms. The number of amides is 2. The molecule has 224 valence electrons. The van der Waals surface area contributed by atoms with Gasteiger partial charge >= 0.3 is 6.18 Å². The highest BCUT2D eigenvalue weighted by Crippen LogP contribution is 2.27. The van der Waals surface area contributed by atoms with Crippen LogP contribution >= 0.6 is 23.2 Å². The Balaban J connectivity index is 1.96. The summed E-state index contributed by atoms with van der Waals surface area (Å²) in [6.07, 6.45) is -4.98. The Kier molecular flexibility index (Phi) is 11.2. The maximum absolute atomic E-state index is 13.7. The van der Waals surface area contributed by atoms with Crippen molar-refractivity contribution in [3.63, 3.8) is 0 Å². The van der Waals surface area contributed by atoms with Gasteiger partial charge in [-0.05, 0) is 53.9 Å². The van der Waals surface area contributed by atoms with Crippen LogP contribution in [0.2, 0.25) is 10.0 Å². The summed E-state index contributed by atoms with van der Waals surface area (Å²) in [6, 6.07) is 12.0. The van der Waals surface area contributed by atoms with Gasteiger partial charge in [-0.15, -0.1) is 0 Å². The van der Waals surface area contributed by atoms with Crippen molar-refractivity contribution in [1.29, 1.82) is 0 Å². The molecule has 0 fully saturated rings. The third-order valence-corrected chi connectivity index (χ3v) is 6.49. The molecule has 3 atom stereocenters. The van der Waals surface area contributed by atoms with Crippen LogP contribution in [0.25, 0.3) is 0 Å². The van der Waals surface area contributed by atoms with E-state index < -0.39 is 47.9 Å². The number of pyridine rings is 1. The number of benzene rings is 2. The average Bonchev–Trinajstić information content (AvgIpc) is 2.93. The Morgan fingerprint density at radius 3 is 2.07 bits per heavy atom. The van der Waals surface area contributed by atoms with E-state index in [1.54, 1.807) is 18.2 Å². The number of carbonyl (C=O) groups is 3. The Labute approximate surface area is 250 Å². The number of Topliss-reactive ketones (excluding diaryl/α,β-unsaturated/α-hetero) is 1. The smallest absolute Gasteiger partial charge is 0.452 e. The van der Waals surface area contributed by atoms with Crippen molar-refractivity contribution in [2.24, 2.45) is 5.92 Å². The molecule has 0 aliphatic rings. The van der Waals surface area contributed by atoms with Crippen molar-refractivity contribution in [2.45, 2.75) is 44.6 Å². The first-order chi connectivity index (χ1) is 19.8. The molecule has 2 unspecified atom stereocenters. The fourth-order valence-electron chi connectivity index (χ4n) is 3.94. The average molecular weight is 626 g/mol. The summed E-state index contributed by atoms with van der Waals surface area (Å²) < 4.78 is 50.9. The number of alkyl halides is 3. The Morgan fingerprint density at radius 2 is 1.55 bits per heavy atom. The minimum Gasteiger partial charge on any atom is -0.497 e. The molecule has 13 heteroatoms. The lowest BCUT2D eigenvalue weighted by molar-refractivity contribution is -0.175. The number of halogens is 5. The molecule has 1 heterocycles. The molecule has 0 radical (unpaired) electrons. The molecule has 1 aromatic heterocycles. The number of rotatable bonds is 12. The number of aromatic nitrogens is 1. The molecule has 0 saturated heterocycles. The third kappa shape index (κ3) is 9.09. The first kappa shape index (κ1) is 32.7. The van der Waals surface area contributed by atoms with Gasteiger partial charge in [0, 0.05) is 28.4 Å². The molecule has 0 saturated carbocycles. The molecule has 3 rings (SSSR count). The van der Waals surface area contributed by atoms with Crippen molar-refractivity contribution < 1.29 is 37.0 Å². The van der Waals surface area contributed by atoms with Crippen LogP contribution in [0.15, 0.2) is 66.9 Å². The number of hydrogen-bond acceptors (Lipinski definition) is 6. The molecule has 8 nitrogen and oxygen atoms in total. The number of ether oxygens (including phenoxy) is 2. The number of nitrogens with zero attached hydrogens (tertiary/aromatic N) is 1. The summed E-state index contributed by atoms with van der Waals surface area (Å²) in [4.78, 5) is 43.4. The fraction of sp³-hybridized carbons (Fsp3) is 0.310. The predicted octanol–water partition coefficient (Wildman–Crippen LogP) is 5.52. The quantitative estimate of drug-likeness (QED) is 0.275. The zero-order valence-electron chi connectivity index (χ0n) is 22.7. The molecule has 0 aliphatic heterocycles. The van der Waals surface area contributed by atoms with Crippen LogP contribution in [0.3, 0.4) is 0 Å². The lowest BCUT2D eigenvalue weighted by Gasteiger charge is -2.27. The first-order valence-corrected chi connectivity index (χ1v) is 13.4. The highest BCUT2D eigenvalue weighted by atomic mass is 35.5. The Bertz CT molecular complexity index is 1370. The van der Waals surface area contributed by atoms with Crippen LogP contribution in [-0.4, -0.2) is 48.0 Å². The molecule has 0 spiro atoms. The largest absolute Gasteiger partial charge is 0.497 e. The van der Waals surface area contributed by atoms with Gasteiger partial charge in [-0.25, -0.2) is 0 Å². The van der Waals surface area contributed by atoms with Gasteiger partial charge in [-0.1, -0.05) is 55.2 Å². The van der Waals surface area contributed by atoms with E-state index in [9.17, 15) is 27.6 Å². The van der Waals surface area contributed by atoms with Gasteiger partial charge in [0.25, 0.3) is 11.7 Å². The molecular formula is C29H28Cl2F3N3O5. The van der Waals surface area contributed by atoms with Gasteiger partial charge < -0.3 is 20.1 Å². The van der Waals surface area contributed by atoms with E-state index in [2.05, 4.69) is 15.6 Å². The summed E-state index contributed by atoms with van der Waals surface area (Å²) in [6.45, 7) is 2.73. The zero-order chi connectivity index (χ0) is 31.0. The molecule has 3 aromatic rings. The highest BCUT2D eigenvalue weighted by Gasteiger charge is 2.45. The van der Waals surface area contributed by atoms with Crippen molar-refractivity contribution in [1.82, 2.24) is 15.6 Å². The van der Waals surface area contributed by atoms with Crippen LogP contribution in [0, 0.1) is 5.92 Å². The van der Waals surface area contributed by atoms with Crippen LogP contribution < -0.4 is 20.1 Å². The number of hydrogen-bond donors (Lipinski definition) is 2. The molecule has 2 amide bonds. The minimum absolute atomic E-state index is 0.0467. The molecule has 42 heavy (non-hydrogen) atoms. The van der Waals surface area contributed by atoms with Crippen molar-refractivity contribution in [3.8, 4) is 11.5 Å². The Hall–Kier alpha value is -3.83. The van der Waals surface area contributed by atoms with Gasteiger partial charge in [-0.3, -0.25) is 19.4 Å². The minimum atomic E-state index is -5.18.